The number of hydrogen-bond acceptors (Lipinski definition) is 3. The number of nitrogens with zero attached hydrogens (tertiary/aromatic N) is 2. The van der Waals surface area contributed by atoms with Crippen molar-refractivity contribution in [2.75, 3.05) is 26.2 Å². The molecule has 20 heavy (non-hydrogen) atoms. The van der Waals surface area contributed by atoms with Gasteiger partial charge in [0.05, 0.1) is 12.2 Å². The summed E-state index contributed by atoms with van der Waals surface area (Å²) in [6, 6.07) is 0.0222. The molecule has 1 N–H and O–H groups in total. The van der Waals surface area contributed by atoms with Gasteiger partial charge >= 0.3 is 0 Å². The SMILES string of the molecule is CCC(C)C1NC(C)N(CC(C)CN2CCCC2)C1=O. The predicted molar refractivity (Wildman–Crippen MR) is 82.4 cm³/mol. The quantitative estimate of drug-likeness (QED) is 0.808. The number of carbonyl (C=O) groups is 1. The summed E-state index contributed by atoms with van der Waals surface area (Å²) in [5, 5.41) is 3.47. The first-order chi connectivity index (χ1) is 9.52. The number of nitrogens with one attached hydrogen (secondary N) is 1. The normalized spacial score (nSPS) is 31.0. The van der Waals surface area contributed by atoms with Crippen LogP contribution in [0, 0.1) is 11.8 Å². The van der Waals surface area contributed by atoms with Gasteiger partial charge in [0.2, 0.25) is 5.91 Å². The van der Waals surface area contributed by atoms with Gasteiger partial charge in [-0.15, -0.1) is 0 Å². The monoisotopic (exact) mass is 281 g/mol. The molecule has 0 saturated carbocycles. The van der Waals surface area contributed by atoms with E-state index in [2.05, 4.69) is 42.8 Å². The Morgan fingerprint density at radius 2 is 1.90 bits per heavy atom. The summed E-state index contributed by atoms with van der Waals surface area (Å²) < 4.78 is 0. The van der Waals surface area contributed by atoms with Crippen LogP contribution in [0.25, 0.3) is 0 Å². The summed E-state index contributed by atoms with van der Waals surface area (Å²) in [5.41, 5.74) is 0. The molecule has 4 atom stereocenters. The second-order valence-corrected chi connectivity index (χ2v) is 6.81. The molecule has 0 bridgehead atoms. The molecule has 2 fully saturated rings. The topological polar surface area (TPSA) is 35.6 Å². The zero-order valence-electron chi connectivity index (χ0n) is 13.6. The van der Waals surface area contributed by atoms with Gasteiger partial charge in [0.15, 0.2) is 0 Å². The van der Waals surface area contributed by atoms with Gasteiger partial charge < -0.3 is 9.80 Å². The van der Waals surface area contributed by atoms with Gasteiger partial charge in [-0.25, -0.2) is 0 Å². The molecule has 0 aromatic carbocycles. The van der Waals surface area contributed by atoms with Crippen molar-refractivity contribution in [2.24, 2.45) is 11.8 Å². The summed E-state index contributed by atoms with van der Waals surface area (Å²) in [6.07, 6.45) is 3.91. The molecule has 116 valence electrons. The van der Waals surface area contributed by atoms with E-state index in [1.54, 1.807) is 0 Å². The largest absolute Gasteiger partial charge is 0.326 e. The molecule has 2 rings (SSSR count). The maximum absolute atomic E-state index is 12.5. The van der Waals surface area contributed by atoms with Crippen molar-refractivity contribution < 1.29 is 4.79 Å². The average molecular weight is 281 g/mol. The minimum Gasteiger partial charge on any atom is -0.326 e. The van der Waals surface area contributed by atoms with Gasteiger partial charge in [-0.2, -0.15) is 0 Å². The number of likely N-dealkylation sites (tertiary alicyclic amines) is 1. The van der Waals surface area contributed by atoms with Gasteiger partial charge in [-0.05, 0) is 44.7 Å². The Bertz CT molecular complexity index is 328. The van der Waals surface area contributed by atoms with Crippen LogP contribution < -0.4 is 5.32 Å². The van der Waals surface area contributed by atoms with E-state index in [4.69, 9.17) is 0 Å². The third-order valence-corrected chi connectivity index (χ3v) is 4.93. The lowest BCUT2D eigenvalue weighted by Gasteiger charge is -2.27. The summed E-state index contributed by atoms with van der Waals surface area (Å²) in [4.78, 5) is 17.1. The molecular weight excluding hydrogens is 250 g/mol. The maximum Gasteiger partial charge on any atom is 0.241 e. The van der Waals surface area contributed by atoms with Crippen molar-refractivity contribution in [1.82, 2.24) is 15.1 Å². The van der Waals surface area contributed by atoms with Crippen LogP contribution in [0.15, 0.2) is 0 Å². The summed E-state index contributed by atoms with van der Waals surface area (Å²) in [6.45, 7) is 13.2. The fourth-order valence-electron chi connectivity index (χ4n) is 3.48. The maximum atomic E-state index is 12.5. The highest BCUT2D eigenvalue weighted by Crippen LogP contribution is 2.21. The van der Waals surface area contributed by atoms with Crippen LogP contribution in [0.5, 0.6) is 0 Å². The number of carbonyl (C=O) groups excluding carboxylic acids is 1. The zero-order chi connectivity index (χ0) is 14.7. The van der Waals surface area contributed by atoms with Gasteiger partial charge in [-0.1, -0.05) is 27.2 Å². The molecule has 0 aliphatic carbocycles. The number of hydrogen-bond donors (Lipinski definition) is 1. The van der Waals surface area contributed by atoms with Crippen molar-refractivity contribution in [3.05, 3.63) is 0 Å². The zero-order valence-corrected chi connectivity index (χ0v) is 13.6. The Morgan fingerprint density at radius 3 is 2.50 bits per heavy atom. The van der Waals surface area contributed by atoms with Gasteiger partial charge in [-0.3, -0.25) is 10.1 Å². The van der Waals surface area contributed by atoms with E-state index in [0.717, 1.165) is 19.5 Å². The summed E-state index contributed by atoms with van der Waals surface area (Å²) in [5.74, 6) is 1.28. The Balaban J connectivity index is 1.86. The van der Waals surface area contributed by atoms with Crippen molar-refractivity contribution in [2.45, 2.75) is 59.2 Å². The first kappa shape index (κ1) is 15.8. The smallest absolute Gasteiger partial charge is 0.241 e. The summed E-state index contributed by atoms with van der Waals surface area (Å²) >= 11 is 0. The van der Waals surface area contributed by atoms with E-state index in [9.17, 15) is 4.79 Å². The second-order valence-electron chi connectivity index (χ2n) is 6.81. The van der Waals surface area contributed by atoms with Crippen LogP contribution in [0.1, 0.15) is 47.0 Å². The van der Waals surface area contributed by atoms with Crippen LogP contribution in [0.3, 0.4) is 0 Å². The second kappa shape index (κ2) is 6.90. The molecule has 0 radical (unpaired) electrons. The Kier molecular flexibility index (Phi) is 5.44. The van der Waals surface area contributed by atoms with Crippen molar-refractivity contribution >= 4 is 5.91 Å². The number of rotatable bonds is 6. The standard InChI is InChI=1S/C16H31N3O/c1-5-13(3)15-16(20)19(14(4)17-15)11-12(2)10-18-8-6-7-9-18/h12-15,17H,5-11H2,1-4H3. The lowest BCUT2D eigenvalue weighted by Crippen LogP contribution is -2.40. The van der Waals surface area contributed by atoms with E-state index in [1.165, 1.54) is 25.9 Å². The molecule has 1 amide bonds. The Morgan fingerprint density at radius 1 is 1.25 bits per heavy atom. The van der Waals surface area contributed by atoms with E-state index in [0.29, 0.717) is 17.7 Å². The minimum absolute atomic E-state index is 0.0222. The highest BCUT2D eigenvalue weighted by atomic mass is 16.2. The predicted octanol–water partition coefficient (Wildman–Crippen LogP) is 1.91. The molecule has 0 aromatic heterocycles. The van der Waals surface area contributed by atoms with Crippen molar-refractivity contribution in [1.29, 1.82) is 0 Å². The highest BCUT2D eigenvalue weighted by molar-refractivity contribution is 5.84. The van der Waals surface area contributed by atoms with Crippen LogP contribution in [0.4, 0.5) is 0 Å². The lowest BCUT2D eigenvalue weighted by atomic mass is 9.99. The molecule has 0 spiro atoms. The van der Waals surface area contributed by atoms with Crippen LogP contribution >= 0.6 is 0 Å². The van der Waals surface area contributed by atoms with Crippen LogP contribution in [0.2, 0.25) is 0 Å². The van der Waals surface area contributed by atoms with Crippen LogP contribution in [-0.2, 0) is 4.79 Å². The van der Waals surface area contributed by atoms with E-state index in [-0.39, 0.29) is 12.2 Å². The first-order valence-corrected chi connectivity index (χ1v) is 8.31. The van der Waals surface area contributed by atoms with Gasteiger partial charge in [0.25, 0.3) is 0 Å². The molecule has 4 nitrogen and oxygen atoms in total. The molecule has 2 aliphatic rings. The molecule has 2 heterocycles. The fraction of sp³-hybridized carbons (Fsp3) is 0.938. The van der Waals surface area contributed by atoms with Crippen LogP contribution in [-0.4, -0.2) is 54.1 Å². The van der Waals surface area contributed by atoms with Crippen molar-refractivity contribution in [3.8, 4) is 0 Å². The molecule has 0 aromatic rings. The molecule has 2 aliphatic heterocycles. The van der Waals surface area contributed by atoms with E-state index in [1.807, 2.05) is 0 Å². The van der Waals surface area contributed by atoms with E-state index >= 15 is 0 Å². The van der Waals surface area contributed by atoms with Gasteiger partial charge in [0, 0.05) is 13.1 Å². The first-order valence-electron chi connectivity index (χ1n) is 8.31. The number of amides is 1. The average Bonchev–Trinajstić information content (AvgIpc) is 3.01. The Hall–Kier alpha value is -0.610. The molecule has 4 heteroatoms. The highest BCUT2D eigenvalue weighted by Gasteiger charge is 2.39. The third kappa shape index (κ3) is 3.53. The summed E-state index contributed by atoms with van der Waals surface area (Å²) in [7, 11) is 0. The molecular formula is C16H31N3O. The van der Waals surface area contributed by atoms with Crippen molar-refractivity contribution in [3.63, 3.8) is 0 Å². The minimum atomic E-state index is 0.0222. The Labute approximate surface area is 123 Å². The lowest BCUT2D eigenvalue weighted by molar-refractivity contribution is -0.131. The molecule has 4 unspecified atom stereocenters. The van der Waals surface area contributed by atoms with Gasteiger partial charge in [0.1, 0.15) is 0 Å². The molecule has 2 saturated heterocycles. The van der Waals surface area contributed by atoms with E-state index < -0.39 is 0 Å². The fourth-order valence-corrected chi connectivity index (χ4v) is 3.48. The third-order valence-electron chi connectivity index (χ3n) is 4.93.